The molecule has 3 rings (SSSR count). The molecule has 2 N–H and O–H groups in total. The predicted molar refractivity (Wildman–Crippen MR) is 81.2 cm³/mol. The standard InChI is InChI=1S/C18H24O3/c19-16(20)17(13-18(21)9-4-1-5-10-18)11-8-14-6-2-3-7-15(14)12-17/h2-3,6-7,21H,1,4-5,8-13H2,(H,19,20). The molecule has 0 spiro atoms. The summed E-state index contributed by atoms with van der Waals surface area (Å²) in [6.07, 6.45) is 7.11. The molecule has 1 atom stereocenters. The second-order valence-corrected chi connectivity index (χ2v) is 6.99. The number of rotatable bonds is 3. The molecule has 114 valence electrons. The van der Waals surface area contributed by atoms with Crippen molar-refractivity contribution in [2.45, 2.75) is 63.4 Å². The molecule has 3 heteroatoms. The average Bonchev–Trinajstić information content (AvgIpc) is 2.47. The van der Waals surface area contributed by atoms with Crippen molar-refractivity contribution in [1.82, 2.24) is 0 Å². The monoisotopic (exact) mass is 288 g/mol. The van der Waals surface area contributed by atoms with Crippen LogP contribution >= 0.6 is 0 Å². The second kappa shape index (κ2) is 5.45. The molecular formula is C18H24O3. The van der Waals surface area contributed by atoms with E-state index in [0.29, 0.717) is 19.3 Å². The van der Waals surface area contributed by atoms with Gasteiger partial charge in [-0.3, -0.25) is 4.79 Å². The third-order valence-corrected chi connectivity index (χ3v) is 5.43. The van der Waals surface area contributed by atoms with Gasteiger partial charge in [-0.05, 0) is 49.7 Å². The zero-order chi connectivity index (χ0) is 14.9. The third kappa shape index (κ3) is 2.84. The lowest BCUT2D eigenvalue weighted by molar-refractivity contribution is -0.156. The van der Waals surface area contributed by atoms with Crippen molar-refractivity contribution < 1.29 is 15.0 Å². The maximum Gasteiger partial charge on any atom is 0.310 e. The van der Waals surface area contributed by atoms with Gasteiger partial charge in [-0.15, -0.1) is 0 Å². The molecule has 1 aromatic carbocycles. The largest absolute Gasteiger partial charge is 0.481 e. The van der Waals surface area contributed by atoms with E-state index in [1.165, 1.54) is 5.56 Å². The predicted octanol–water partition coefficient (Wildman–Crippen LogP) is 3.33. The second-order valence-electron chi connectivity index (χ2n) is 6.99. The number of hydrogen-bond acceptors (Lipinski definition) is 2. The summed E-state index contributed by atoms with van der Waals surface area (Å²) in [4.78, 5) is 12.0. The number of hydrogen-bond donors (Lipinski definition) is 2. The highest BCUT2D eigenvalue weighted by Crippen LogP contribution is 2.45. The molecule has 0 aliphatic heterocycles. The van der Waals surface area contributed by atoms with E-state index in [-0.39, 0.29) is 0 Å². The van der Waals surface area contributed by atoms with Gasteiger partial charge in [-0.1, -0.05) is 43.5 Å². The van der Waals surface area contributed by atoms with Gasteiger partial charge in [0.25, 0.3) is 0 Å². The highest BCUT2D eigenvalue weighted by molar-refractivity contribution is 5.76. The normalized spacial score (nSPS) is 27.9. The van der Waals surface area contributed by atoms with Gasteiger partial charge in [-0.25, -0.2) is 0 Å². The quantitative estimate of drug-likeness (QED) is 0.897. The Bertz CT molecular complexity index is 531. The van der Waals surface area contributed by atoms with Crippen molar-refractivity contribution >= 4 is 5.97 Å². The Morgan fingerprint density at radius 1 is 1.05 bits per heavy atom. The zero-order valence-corrected chi connectivity index (χ0v) is 12.5. The SMILES string of the molecule is O=C(O)C1(CC2(O)CCCCC2)CCc2ccccc2C1. The third-order valence-electron chi connectivity index (χ3n) is 5.43. The fourth-order valence-corrected chi connectivity index (χ4v) is 4.23. The summed E-state index contributed by atoms with van der Waals surface area (Å²) < 4.78 is 0. The van der Waals surface area contributed by atoms with Crippen LogP contribution in [0.2, 0.25) is 0 Å². The molecule has 1 saturated carbocycles. The van der Waals surface area contributed by atoms with Crippen LogP contribution in [-0.4, -0.2) is 21.8 Å². The van der Waals surface area contributed by atoms with Crippen molar-refractivity contribution in [3.8, 4) is 0 Å². The van der Waals surface area contributed by atoms with Crippen molar-refractivity contribution in [3.63, 3.8) is 0 Å². The van der Waals surface area contributed by atoms with Gasteiger partial charge in [0.1, 0.15) is 0 Å². The highest BCUT2D eigenvalue weighted by atomic mass is 16.4. The number of benzene rings is 1. The van der Waals surface area contributed by atoms with Crippen LogP contribution in [0.4, 0.5) is 0 Å². The summed E-state index contributed by atoms with van der Waals surface area (Å²) >= 11 is 0. The maximum atomic E-state index is 12.0. The summed E-state index contributed by atoms with van der Waals surface area (Å²) in [5.74, 6) is -0.740. The number of carboxylic acids is 1. The van der Waals surface area contributed by atoms with Crippen LogP contribution in [0, 0.1) is 5.41 Å². The van der Waals surface area contributed by atoms with E-state index in [1.807, 2.05) is 18.2 Å². The first-order valence-electron chi connectivity index (χ1n) is 8.06. The van der Waals surface area contributed by atoms with Crippen LogP contribution in [0.1, 0.15) is 56.1 Å². The van der Waals surface area contributed by atoms with E-state index in [9.17, 15) is 15.0 Å². The van der Waals surface area contributed by atoms with Crippen LogP contribution in [0.5, 0.6) is 0 Å². The van der Waals surface area contributed by atoms with E-state index < -0.39 is 17.0 Å². The summed E-state index contributed by atoms with van der Waals surface area (Å²) in [5, 5.41) is 20.7. The van der Waals surface area contributed by atoms with Gasteiger partial charge in [0.15, 0.2) is 0 Å². The molecule has 1 fully saturated rings. The molecule has 0 saturated heterocycles. The minimum absolute atomic E-state index is 0.406. The molecule has 2 aliphatic carbocycles. The van der Waals surface area contributed by atoms with Crippen LogP contribution in [0.25, 0.3) is 0 Å². The van der Waals surface area contributed by atoms with Crippen LogP contribution < -0.4 is 0 Å². The van der Waals surface area contributed by atoms with E-state index in [4.69, 9.17) is 0 Å². The van der Waals surface area contributed by atoms with Gasteiger partial charge < -0.3 is 10.2 Å². The van der Waals surface area contributed by atoms with E-state index >= 15 is 0 Å². The molecule has 0 heterocycles. The number of fused-ring (bicyclic) bond motifs is 1. The van der Waals surface area contributed by atoms with Gasteiger partial charge in [0, 0.05) is 0 Å². The molecule has 1 aromatic rings. The topological polar surface area (TPSA) is 57.5 Å². The maximum absolute atomic E-state index is 12.0. The summed E-state index contributed by atoms with van der Waals surface area (Å²) in [5.41, 5.74) is 0.846. The minimum Gasteiger partial charge on any atom is -0.481 e. The first kappa shape index (κ1) is 14.6. The van der Waals surface area contributed by atoms with Crippen LogP contribution in [0.15, 0.2) is 24.3 Å². The van der Waals surface area contributed by atoms with E-state index in [0.717, 1.165) is 44.1 Å². The molecule has 3 nitrogen and oxygen atoms in total. The number of carbonyl (C=O) groups is 1. The Balaban J connectivity index is 1.86. The molecule has 21 heavy (non-hydrogen) atoms. The molecule has 0 radical (unpaired) electrons. The lowest BCUT2D eigenvalue weighted by Gasteiger charge is -2.42. The molecule has 1 unspecified atom stereocenters. The number of aliphatic hydroxyl groups is 1. The average molecular weight is 288 g/mol. The van der Waals surface area contributed by atoms with E-state index in [2.05, 4.69) is 6.07 Å². The summed E-state index contributed by atoms with van der Waals surface area (Å²) in [6.45, 7) is 0. The molecular weight excluding hydrogens is 264 g/mol. The summed E-state index contributed by atoms with van der Waals surface area (Å²) in [7, 11) is 0. The zero-order valence-electron chi connectivity index (χ0n) is 12.5. The number of carboxylic acid groups (broad SMARTS) is 1. The van der Waals surface area contributed by atoms with Crippen molar-refractivity contribution in [2.75, 3.05) is 0 Å². The Hall–Kier alpha value is -1.35. The van der Waals surface area contributed by atoms with E-state index in [1.54, 1.807) is 0 Å². The van der Waals surface area contributed by atoms with Crippen LogP contribution in [-0.2, 0) is 17.6 Å². The molecule has 2 aliphatic rings. The molecule has 0 bridgehead atoms. The summed E-state index contributed by atoms with van der Waals surface area (Å²) in [6, 6.07) is 8.13. The van der Waals surface area contributed by atoms with Crippen molar-refractivity contribution in [2.24, 2.45) is 5.41 Å². The van der Waals surface area contributed by atoms with Crippen LogP contribution in [0.3, 0.4) is 0 Å². The molecule has 0 amide bonds. The first-order chi connectivity index (χ1) is 10.0. The van der Waals surface area contributed by atoms with Crippen molar-refractivity contribution in [3.05, 3.63) is 35.4 Å². The Labute approximate surface area is 126 Å². The van der Waals surface area contributed by atoms with Gasteiger partial charge in [-0.2, -0.15) is 0 Å². The Morgan fingerprint density at radius 3 is 2.38 bits per heavy atom. The van der Waals surface area contributed by atoms with Crippen molar-refractivity contribution in [1.29, 1.82) is 0 Å². The molecule has 0 aromatic heterocycles. The number of aryl methyl sites for hydroxylation is 1. The number of aliphatic carboxylic acids is 1. The Morgan fingerprint density at radius 2 is 1.71 bits per heavy atom. The van der Waals surface area contributed by atoms with Gasteiger partial charge >= 0.3 is 5.97 Å². The lowest BCUT2D eigenvalue weighted by atomic mass is 9.64. The fraction of sp³-hybridized carbons (Fsp3) is 0.611. The van der Waals surface area contributed by atoms with Gasteiger partial charge in [0.05, 0.1) is 11.0 Å². The highest BCUT2D eigenvalue weighted by Gasteiger charge is 2.47. The smallest absolute Gasteiger partial charge is 0.310 e. The van der Waals surface area contributed by atoms with Gasteiger partial charge in [0.2, 0.25) is 0 Å². The first-order valence-corrected chi connectivity index (χ1v) is 8.06. The lowest BCUT2D eigenvalue weighted by Crippen LogP contribution is -2.45. The fourth-order valence-electron chi connectivity index (χ4n) is 4.23. The Kier molecular flexibility index (Phi) is 3.78. The minimum atomic E-state index is -0.791.